The second kappa shape index (κ2) is 11.1. The lowest BCUT2D eigenvalue weighted by Crippen LogP contribution is -2.55. The second-order valence-electron chi connectivity index (χ2n) is 7.94. The Morgan fingerprint density at radius 2 is 1.76 bits per heavy atom. The molecule has 2 aromatic rings. The highest BCUT2D eigenvalue weighted by Gasteiger charge is 2.44. The molecule has 3 rings (SSSR count). The van der Waals surface area contributed by atoms with Gasteiger partial charge in [-0.2, -0.15) is 0 Å². The molecule has 1 saturated heterocycles. The van der Waals surface area contributed by atoms with Crippen molar-refractivity contribution in [2.75, 3.05) is 26.0 Å². The number of hydrogen-bond donors (Lipinski definition) is 5. The molecule has 0 bridgehead atoms. The van der Waals surface area contributed by atoms with Crippen LogP contribution in [-0.2, 0) is 21.2 Å². The molecule has 0 aliphatic carbocycles. The zero-order valence-corrected chi connectivity index (χ0v) is 19.5. The molecule has 5 atom stereocenters. The first-order chi connectivity index (χ1) is 15.6. The fraction of sp³-hybridized carbons (Fsp3) is 0.455. The maximum atomic E-state index is 11.1. The van der Waals surface area contributed by atoms with Crippen molar-refractivity contribution in [3.63, 3.8) is 0 Å². The number of rotatable bonds is 9. The third-order valence-electron chi connectivity index (χ3n) is 5.34. The van der Waals surface area contributed by atoms with Gasteiger partial charge in [0.25, 0.3) is 0 Å². The molecule has 0 saturated carbocycles. The Kier molecular flexibility index (Phi) is 8.70. The zero-order chi connectivity index (χ0) is 24.2. The summed E-state index contributed by atoms with van der Waals surface area (Å²) in [6.07, 6.45) is -4.62. The predicted octanol–water partition coefficient (Wildman–Crippen LogP) is 0.374. The number of aliphatic hydroxyl groups excluding tert-OH is 4. The van der Waals surface area contributed by atoms with Gasteiger partial charge < -0.3 is 29.9 Å². The molecule has 9 nitrogen and oxygen atoms in total. The molecule has 1 aliphatic rings. The summed E-state index contributed by atoms with van der Waals surface area (Å²) in [5.74, 6) is 0.593. The second-order valence-corrected chi connectivity index (χ2v) is 10.2. The van der Waals surface area contributed by atoms with Gasteiger partial charge in [0.05, 0.1) is 12.9 Å². The molecule has 1 fully saturated rings. The number of ether oxygens (including phenoxy) is 2. The van der Waals surface area contributed by atoms with E-state index in [0.29, 0.717) is 22.8 Å². The van der Waals surface area contributed by atoms with Gasteiger partial charge in [-0.1, -0.05) is 35.9 Å². The molecule has 5 N–H and O–H groups in total. The van der Waals surface area contributed by atoms with E-state index in [4.69, 9.17) is 21.1 Å². The van der Waals surface area contributed by atoms with Gasteiger partial charge in [-0.3, -0.25) is 0 Å². The van der Waals surface area contributed by atoms with E-state index in [2.05, 4.69) is 4.72 Å². The summed E-state index contributed by atoms with van der Waals surface area (Å²) in [6.45, 7) is -0.138. The highest BCUT2D eigenvalue weighted by Crippen LogP contribution is 2.34. The summed E-state index contributed by atoms with van der Waals surface area (Å²) < 4.78 is 35.6. The highest BCUT2D eigenvalue weighted by atomic mass is 35.5. The molecule has 0 aromatic heterocycles. The molecule has 2 aromatic carbocycles. The van der Waals surface area contributed by atoms with E-state index in [-0.39, 0.29) is 13.2 Å². The van der Waals surface area contributed by atoms with Crippen LogP contribution in [0.1, 0.15) is 22.8 Å². The van der Waals surface area contributed by atoms with Gasteiger partial charge in [0, 0.05) is 11.6 Å². The van der Waals surface area contributed by atoms with Crippen LogP contribution in [0.4, 0.5) is 0 Å². The Bertz CT molecular complexity index is 1030. The Morgan fingerprint density at radius 1 is 1.06 bits per heavy atom. The van der Waals surface area contributed by atoms with Crippen LogP contribution in [0.3, 0.4) is 0 Å². The lowest BCUT2D eigenvalue weighted by molar-refractivity contribution is -0.231. The first-order valence-corrected chi connectivity index (χ1v) is 12.6. The number of benzene rings is 2. The van der Waals surface area contributed by atoms with Crippen LogP contribution in [0.5, 0.6) is 5.75 Å². The first kappa shape index (κ1) is 25.9. The summed E-state index contributed by atoms with van der Waals surface area (Å²) >= 11 is 6.37. The molecule has 11 heteroatoms. The van der Waals surface area contributed by atoms with Crippen LogP contribution in [0.2, 0.25) is 5.02 Å². The Balaban J connectivity index is 1.67. The summed E-state index contributed by atoms with van der Waals surface area (Å²) in [5, 5.41) is 40.4. The lowest BCUT2D eigenvalue weighted by Gasteiger charge is -2.40. The van der Waals surface area contributed by atoms with E-state index in [1.54, 1.807) is 30.3 Å². The fourth-order valence-corrected chi connectivity index (χ4v) is 4.24. The van der Waals surface area contributed by atoms with E-state index >= 15 is 0 Å². The van der Waals surface area contributed by atoms with Crippen LogP contribution in [-0.4, -0.2) is 79.3 Å². The minimum Gasteiger partial charge on any atom is -0.492 e. The quantitative estimate of drug-likeness (QED) is 0.310. The van der Waals surface area contributed by atoms with Gasteiger partial charge in [-0.05, 0) is 41.3 Å². The van der Waals surface area contributed by atoms with E-state index < -0.39 is 47.2 Å². The van der Waals surface area contributed by atoms with Crippen molar-refractivity contribution in [3.05, 3.63) is 64.2 Å². The fourth-order valence-electron chi connectivity index (χ4n) is 3.60. The minimum absolute atomic E-state index is 0.168. The average molecular weight is 502 g/mol. The van der Waals surface area contributed by atoms with Crippen LogP contribution in [0.25, 0.3) is 0 Å². The number of aliphatic hydroxyl groups is 4. The van der Waals surface area contributed by atoms with E-state index in [1.165, 1.54) is 0 Å². The minimum atomic E-state index is -3.26. The Hall–Kier alpha value is -1.76. The van der Waals surface area contributed by atoms with Gasteiger partial charge in [-0.25, -0.2) is 13.1 Å². The predicted molar refractivity (Wildman–Crippen MR) is 122 cm³/mol. The monoisotopic (exact) mass is 501 g/mol. The van der Waals surface area contributed by atoms with E-state index in [9.17, 15) is 28.8 Å². The molecule has 1 heterocycles. The van der Waals surface area contributed by atoms with Crippen LogP contribution in [0.15, 0.2) is 42.5 Å². The van der Waals surface area contributed by atoms with Crippen LogP contribution >= 0.6 is 11.6 Å². The summed E-state index contributed by atoms with van der Waals surface area (Å²) in [4.78, 5) is 0. The van der Waals surface area contributed by atoms with Gasteiger partial charge >= 0.3 is 0 Å². The van der Waals surface area contributed by atoms with Crippen molar-refractivity contribution in [1.29, 1.82) is 0 Å². The Morgan fingerprint density at radius 3 is 2.39 bits per heavy atom. The molecule has 0 spiro atoms. The van der Waals surface area contributed by atoms with E-state index in [0.717, 1.165) is 17.4 Å². The van der Waals surface area contributed by atoms with Crippen LogP contribution in [0, 0.1) is 0 Å². The molecular weight excluding hydrogens is 474 g/mol. The maximum Gasteiger partial charge on any atom is 0.208 e. The van der Waals surface area contributed by atoms with Gasteiger partial charge in [-0.15, -0.1) is 0 Å². The number of sulfonamides is 1. The van der Waals surface area contributed by atoms with Crippen molar-refractivity contribution < 1.29 is 38.3 Å². The van der Waals surface area contributed by atoms with Crippen LogP contribution < -0.4 is 9.46 Å². The van der Waals surface area contributed by atoms with E-state index in [1.807, 2.05) is 12.1 Å². The van der Waals surface area contributed by atoms with Gasteiger partial charge in [0.2, 0.25) is 10.0 Å². The maximum absolute atomic E-state index is 11.1. The molecular formula is C22H28ClNO8S. The molecule has 182 valence electrons. The topological polar surface area (TPSA) is 146 Å². The van der Waals surface area contributed by atoms with Gasteiger partial charge in [0.1, 0.15) is 42.9 Å². The summed E-state index contributed by atoms with van der Waals surface area (Å²) in [7, 11) is -3.26. The average Bonchev–Trinajstić information content (AvgIpc) is 2.77. The summed E-state index contributed by atoms with van der Waals surface area (Å²) in [5.41, 5.74) is 2.26. The molecule has 2 unspecified atom stereocenters. The standard InChI is InChI=1S/C22H28ClNO8S/c1-33(29,30)24-8-9-31-16-5-2-13(3-6-16)10-15-11-14(4-7-17(15)23)22-21(28)20(27)19(26)18(12-25)32-22/h2-7,11,18-22,24-28H,8-10,12H2,1H3/t18-,19?,20?,21-,22+/m1/s1. The summed E-state index contributed by atoms with van der Waals surface area (Å²) in [6, 6.07) is 12.3. The van der Waals surface area contributed by atoms with Crippen molar-refractivity contribution in [1.82, 2.24) is 4.72 Å². The number of halogens is 1. The van der Waals surface area contributed by atoms with Crippen molar-refractivity contribution in [3.8, 4) is 5.75 Å². The molecule has 0 amide bonds. The van der Waals surface area contributed by atoms with Crippen molar-refractivity contribution in [2.24, 2.45) is 0 Å². The highest BCUT2D eigenvalue weighted by molar-refractivity contribution is 7.88. The third-order valence-corrected chi connectivity index (χ3v) is 6.44. The largest absolute Gasteiger partial charge is 0.492 e. The smallest absolute Gasteiger partial charge is 0.208 e. The third kappa shape index (κ3) is 6.87. The molecule has 1 aliphatic heterocycles. The normalized spacial score (nSPS) is 25.7. The Labute approximate surface area is 197 Å². The van der Waals surface area contributed by atoms with Crippen molar-refractivity contribution in [2.45, 2.75) is 36.9 Å². The first-order valence-electron chi connectivity index (χ1n) is 10.3. The zero-order valence-electron chi connectivity index (χ0n) is 18.0. The number of nitrogens with one attached hydrogen (secondary N) is 1. The SMILES string of the molecule is CS(=O)(=O)NCCOc1ccc(Cc2cc([C@@H]3O[C@H](CO)C(O)C(O)[C@H]3O)ccc2Cl)cc1. The molecule has 33 heavy (non-hydrogen) atoms. The van der Waals surface area contributed by atoms with Crippen molar-refractivity contribution >= 4 is 21.6 Å². The van der Waals surface area contributed by atoms with Gasteiger partial charge in [0.15, 0.2) is 0 Å². The molecule has 0 radical (unpaired) electrons. The number of hydrogen-bond acceptors (Lipinski definition) is 8. The lowest BCUT2D eigenvalue weighted by atomic mass is 9.90.